The topological polar surface area (TPSA) is 177 Å². The van der Waals surface area contributed by atoms with Crippen molar-refractivity contribution in [3.8, 4) is 23.0 Å². The van der Waals surface area contributed by atoms with Crippen molar-refractivity contribution >= 4 is 23.3 Å². The normalized spacial score (nSPS) is 30.2. The number of aryl methyl sites for hydroxylation is 1. The quantitative estimate of drug-likeness (QED) is 0.293. The Bertz CT molecular complexity index is 1500. The number of ether oxygens (including phenoxy) is 3. The third-order valence-corrected chi connectivity index (χ3v) is 9.28. The molecule has 1 saturated carbocycles. The van der Waals surface area contributed by atoms with Crippen molar-refractivity contribution < 1.29 is 53.8 Å². The van der Waals surface area contributed by atoms with Crippen molar-refractivity contribution in [1.82, 2.24) is 0 Å². The fourth-order valence-corrected chi connectivity index (χ4v) is 6.37. The maximum absolute atomic E-state index is 14.5. The number of aliphatic hydroxyl groups excluding tert-OH is 1. The molecule has 1 aliphatic carbocycles. The van der Waals surface area contributed by atoms with Gasteiger partial charge < -0.3 is 34.6 Å². The molecule has 1 fully saturated rings. The lowest BCUT2D eigenvalue weighted by molar-refractivity contribution is -0.198. The molecule has 0 aromatic heterocycles. The third kappa shape index (κ3) is 5.78. The number of aliphatic hydroxyl groups is 1. The number of aromatic hydroxyl groups is 3. The molecule has 0 unspecified atom stereocenters. The second kappa shape index (κ2) is 12.2. The van der Waals surface area contributed by atoms with Crippen LogP contribution in [0.15, 0.2) is 24.3 Å². The van der Waals surface area contributed by atoms with Crippen LogP contribution in [0.3, 0.4) is 0 Å². The number of fused-ring (bicyclic) bond motifs is 1. The molecule has 1 heterocycles. The van der Waals surface area contributed by atoms with E-state index in [2.05, 4.69) is 0 Å². The monoisotopic (exact) mass is 612 g/mol. The predicted octanol–water partition coefficient (Wildman–Crippen LogP) is 3.64. The molecule has 2 aliphatic rings. The van der Waals surface area contributed by atoms with Gasteiger partial charge in [0.1, 0.15) is 34.7 Å². The van der Waals surface area contributed by atoms with Crippen LogP contribution in [-0.2, 0) is 30.3 Å². The van der Waals surface area contributed by atoms with Gasteiger partial charge in [-0.15, -0.1) is 0 Å². The molecular formula is C33H40O11. The molecule has 44 heavy (non-hydrogen) atoms. The highest BCUT2D eigenvalue weighted by molar-refractivity contribution is 6.15. The lowest BCUT2D eigenvalue weighted by Gasteiger charge is -2.50. The predicted molar refractivity (Wildman–Crippen MR) is 157 cm³/mol. The summed E-state index contributed by atoms with van der Waals surface area (Å²) in [5.41, 5.74) is -2.94. The van der Waals surface area contributed by atoms with Crippen molar-refractivity contribution in [3.63, 3.8) is 0 Å². The largest absolute Gasteiger partial charge is 0.508 e. The highest BCUT2D eigenvalue weighted by Crippen LogP contribution is 2.48. The van der Waals surface area contributed by atoms with Crippen LogP contribution in [0.2, 0.25) is 0 Å². The second-order valence-corrected chi connectivity index (χ2v) is 12.4. The molecule has 0 spiro atoms. The Labute approximate surface area is 255 Å². The van der Waals surface area contributed by atoms with Crippen molar-refractivity contribution in [2.75, 3.05) is 7.11 Å². The van der Waals surface area contributed by atoms with E-state index in [-0.39, 0.29) is 34.8 Å². The minimum Gasteiger partial charge on any atom is -0.508 e. The Morgan fingerprint density at radius 1 is 0.932 bits per heavy atom. The van der Waals surface area contributed by atoms with E-state index in [0.29, 0.717) is 24.0 Å². The summed E-state index contributed by atoms with van der Waals surface area (Å²) in [6, 6.07) is 5.32. The summed E-state index contributed by atoms with van der Waals surface area (Å²) < 4.78 is 17.2. The lowest BCUT2D eigenvalue weighted by atomic mass is 9.57. The molecule has 0 amide bonds. The molecule has 4 N–H and O–H groups in total. The van der Waals surface area contributed by atoms with Crippen LogP contribution in [0, 0.1) is 25.2 Å². The number of carbonyl (C=O) groups is 4. The number of cyclic esters (lactones) is 1. The van der Waals surface area contributed by atoms with Crippen molar-refractivity contribution in [2.45, 2.75) is 90.6 Å². The zero-order valence-electron chi connectivity index (χ0n) is 25.8. The number of hydrogen-bond acceptors (Lipinski definition) is 11. The molecule has 0 radical (unpaired) electrons. The van der Waals surface area contributed by atoms with Gasteiger partial charge in [0.05, 0.1) is 23.5 Å². The Morgan fingerprint density at radius 2 is 1.61 bits per heavy atom. The maximum atomic E-state index is 14.5. The van der Waals surface area contributed by atoms with E-state index in [1.165, 1.54) is 33.1 Å². The number of carbonyl (C=O) groups excluding carboxylic acids is 4. The number of rotatable bonds is 4. The number of Topliss-reactive ketones (excluding diaryl/α,β-unsaturated/α-hetero) is 3. The van der Waals surface area contributed by atoms with Crippen molar-refractivity contribution in [3.05, 3.63) is 46.5 Å². The Hall–Kier alpha value is -3.96. The summed E-state index contributed by atoms with van der Waals surface area (Å²) in [5, 5.41) is 42.6. The first-order valence-corrected chi connectivity index (χ1v) is 14.6. The van der Waals surface area contributed by atoms with Gasteiger partial charge in [0.2, 0.25) is 0 Å². The molecule has 2 aromatic carbocycles. The van der Waals surface area contributed by atoms with Gasteiger partial charge in [-0.2, -0.15) is 0 Å². The molecule has 11 nitrogen and oxygen atoms in total. The molecule has 6 atom stereocenters. The number of phenols is 3. The van der Waals surface area contributed by atoms with Crippen LogP contribution in [0.1, 0.15) is 73.5 Å². The average molecular weight is 613 g/mol. The first kappa shape index (κ1) is 32.9. The average Bonchev–Trinajstić information content (AvgIpc) is 2.94. The minimum atomic E-state index is -1.94. The minimum absolute atomic E-state index is 0.0402. The van der Waals surface area contributed by atoms with E-state index in [1.807, 2.05) is 0 Å². The molecule has 4 rings (SSSR count). The number of ketones is 3. The molecular weight excluding hydrogens is 572 g/mol. The van der Waals surface area contributed by atoms with E-state index in [9.17, 15) is 39.6 Å². The highest BCUT2D eigenvalue weighted by atomic mass is 16.6. The first-order valence-electron chi connectivity index (χ1n) is 14.6. The number of phenolic OH excluding ortho intramolecular Hbond substituents is 3. The maximum Gasteiger partial charge on any atom is 0.310 e. The Balaban J connectivity index is 1.83. The zero-order valence-corrected chi connectivity index (χ0v) is 25.8. The summed E-state index contributed by atoms with van der Waals surface area (Å²) in [6.45, 7) is 7.81. The van der Waals surface area contributed by atoms with Gasteiger partial charge in [-0.25, -0.2) is 0 Å². The van der Waals surface area contributed by atoms with E-state index in [0.717, 1.165) is 6.07 Å². The zero-order chi connectivity index (χ0) is 32.7. The van der Waals surface area contributed by atoms with Gasteiger partial charge in [0.25, 0.3) is 0 Å². The fourth-order valence-electron chi connectivity index (χ4n) is 6.37. The number of methoxy groups -OCH3 is 1. The molecule has 0 saturated heterocycles. The lowest BCUT2D eigenvalue weighted by Crippen LogP contribution is -2.71. The second-order valence-electron chi connectivity index (χ2n) is 12.4. The van der Waals surface area contributed by atoms with Gasteiger partial charge >= 0.3 is 5.97 Å². The van der Waals surface area contributed by atoms with Crippen LogP contribution >= 0.6 is 0 Å². The van der Waals surface area contributed by atoms with E-state index < -0.39 is 77.2 Å². The van der Waals surface area contributed by atoms with E-state index in [1.54, 1.807) is 26.8 Å². The van der Waals surface area contributed by atoms with Crippen molar-refractivity contribution in [2.24, 2.45) is 11.3 Å². The smallest absolute Gasteiger partial charge is 0.310 e. The Kier molecular flexibility index (Phi) is 9.14. The summed E-state index contributed by atoms with van der Waals surface area (Å²) in [4.78, 5) is 55.0. The summed E-state index contributed by atoms with van der Waals surface area (Å²) in [6.07, 6.45) is -3.77. The van der Waals surface area contributed by atoms with Crippen LogP contribution in [0.4, 0.5) is 0 Å². The fraction of sp³-hybridized carbons (Fsp3) is 0.515. The van der Waals surface area contributed by atoms with Crippen LogP contribution in [0.5, 0.6) is 23.0 Å². The van der Waals surface area contributed by atoms with E-state index >= 15 is 0 Å². The summed E-state index contributed by atoms with van der Waals surface area (Å²) in [5.74, 6) is -4.63. The van der Waals surface area contributed by atoms with Crippen LogP contribution in [-0.4, -0.2) is 74.8 Å². The molecule has 11 heteroatoms. The van der Waals surface area contributed by atoms with Gasteiger partial charge in [-0.3, -0.25) is 19.2 Å². The number of hydrogen-bond donors (Lipinski definition) is 4. The standard InChI is InChI=1S/C33H40O11/c1-16-10-22(35)18(3)25(11-16)44-31-30(41)32(4,28(39)29(40)33(31,5)42-6)20-9-7-8-17(2)43-26(38)13-19-12-21(34)15-24(37)27(19)23(36)14-20/h10-12,15,17,20,29,31,34-35,37,40H,7-9,13-14H2,1-6H3/t17-,20+,29+,31-,32+,33-/m0/s1. The number of benzene rings is 2. The molecule has 0 bridgehead atoms. The molecule has 238 valence electrons. The first-order chi connectivity index (χ1) is 20.5. The Morgan fingerprint density at radius 3 is 2.27 bits per heavy atom. The highest BCUT2D eigenvalue weighted by Gasteiger charge is 2.65. The van der Waals surface area contributed by atoms with Gasteiger partial charge in [-0.05, 0) is 89.1 Å². The SMILES string of the molecule is CO[C@@]1(C)[C@H](O)C(=O)[C@@](C)([C@@H]2CCC[C@H](C)OC(=O)Cc3cc(O)cc(O)c3C(=O)C2)C(=O)[C@@H]1Oc1cc(C)cc(O)c1C. The third-order valence-electron chi connectivity index (χ3n) is 9.28. The van der Waals surface area contributed by atoms with Gasteiger partial charge in [-0.1, -0.05) is 0 Å². The summed E-state index contributed by atoms with van der Waals surface area (Å²) in [7, 11) is 1.25. The van der Waals surface area contributed by atoms with Crippen LogP contribution in [0.25, 0.3) is 0 Å². The summed E-state index contributed by atoms with van der Waals surface area (Å²) >= 11 is 0. The number of esters is 1. The molecule has 2 aromatic rings. The van der Waals surface area contributed by atoms with Crippen LogP contribution < -0.4 is 4.74 Å². The van der Waals surface area contributed by atoms with Crippen molar-refractivity contribution in [1.29, 1.82) is 0 Å². The van der Waals surface area contributed by atoms with Gasteiger partial charge in [0.15, 0.2) is 23.5 Å². The van der Waals surface area contributed by atoms with Gasteiger partial charge in [0, 0.05) is 25.2 Å². The van der Waals surface area contributed by atoms with E-state index in [4.69, 9.17) is 14.2 Å². The molecule has 1 aliphatic heterocycles.